The predicted octanol–water partition coefficient (Wildman–Crippen LogP) is 2.64. The number of aryl methyl sites for hydroxylation is 1. The van der Waals surface area contributed by atoms with Gasteiger partial charge < -0.3 is 9.80 Å². The molecular weight excluding hydrogens is 364 g/mol. The normalized spacial score (nSPS) is 21.2. The molecule has 2 aromatic rings. The number of likely N-dealkylation sites (tertiary alicyclic amines) is 1. The number of benzene rings is 1. The lowest BCUT2D eigenvalue weighted by molar-refractivity contribution is -0.145. The van der Waals surface area contributed by atoms with Crippen molar-refractivity contribution in [2.45, 2.75) is 38.6 Å². The lowest BCUT2D eigenvalue weighted by Gasteiger charge is -2.42. The van der Waals surface area contributed by atoms with Crippen LogP contribution in [0.5, 0.6) is 0 Å². The SMILES string of the molecule is Cn1nccc1C(=O)N1CCC2(CC1)Cc1ccccc1CN(CC1CC1)C2=O. The molecule has 1 saturated heterocycles. The number of amides is 2. The first-order valence-corrected chi connectivity index (χ1v) is 10.7. The van der Waals surface area contributed by atoms with E-state index in [9.17, 15) is 9.59 Å². The first-order chi connectivity index (χ1) is 14.1. The fraction of sp³-hybridized carbons (Fsp3) is 0.522. The zero-order chi connectivity index (χ0) is 20.0. The number of aromatic nitrogens is 2. The number of nitrogens with zero attached hydrogens (tertiary/aromatic N) is 4. The fourth-order valence-electron chi connectivity index (χ4n) is 4.97. The van der Waals surface area contributed by atoms with Crippen LogP contribution in [0.4, 0.5) is 0 Å². The summed E-state index contributed by atoms with van der Waals surface area (Å²) in [5, 5.41) is 4.12. The highest BCUT2D eigenvalue weighted by Crippen LogP contribution is 2.42. The van der Waals surface area contributed by atoms with E-state index >= 15 is 0 Å². The minimum absolute atomic E-state index is 0.0103. The average molecular weight is 393 g/mol. The van der Waals surface area contributed by atoms with Gasteiger partial charge in [0.05, 0.1) is 5.41 Å². The van der Waals surface area contributed by atoms with Crippen molar-refractivity contribution in [2.24, 2.45) is 18.4 Å². The maximum Gasteiger partial charge on any atom is 0.272 e. The van der Waals surface area contributed by atoms with Crippen LogP contribution in [0.1, 0.15) is 47.3 Å². The summed E-state index contributed by atoms with van der Waals surface area (Å²) in [6, 6.07) is 10.3. The molecule has 3 heterocycles. The van der Waals surface area contributed by atoms with Crippen LogP contribution in [-0.2, 0) is 24.8 Å². The standard InChI is InChI=1S/C23H28N4O2/c1-25-20(8-11-24-25)21(28)26-12-9-23(10-13-26)14-18-4-2-3-5-19(18)16-27(22(23)29)15-17-6-7-17/h2-5,8,11,17H,6-7,9-10,12-16H2,1H3. The molecule has 0 bridgehead atoms. The van der Waals surface area contributed by atoms with Gasteiger partial charge >= 0.3 is 0 Å². The predicted molar refractivity (Wildman–Crippen MR) is 109 cm³/mol. The first kappa shape index (κ1) is 18.4. The number of piperidine rings is 1. The van der Waals surface area contributed by atoms with Crippen molar-refractivity contribution in [2.75, 3.05) is 19.6 Å². The Morgan fingerprint density at radius 2 is 1.86 bits per heavy atom. The fourth-order valence-corrected chi connectivity index (χ4v) is 4.97. The van der Waals surface area contributed by atoms with Crippen molar-refractivity contribution in [1.29, 1.82) is 0 Å². The molecule has 0 radical (unpaired) electrons. The van der Waals surface area contributed by atoms with E-state index in [1.807, 2.05) is 4.90 Å². The summed E-state index contributed by atoms with van der Waals surface area (Å²) >= 11 is 0. The van der Waals surface area contributed by atoms with Crippen LogP contribution in [0.2, 0.25) is 0 Å². The zero-order valence-corrected chi connectivity index (χ0v) is 17.0. The van der Waals surface area contributed by atoms with Gasteiger partial charge in [-0.15, -0.1) is 0 Å². The van der Waals surface area contributed by atoms with Crippen molar-refractivity contribution in [1.82, 2.24) is 19.6 Å². The summed E-state index contributed by atoms with van der Waals surface area (Å²) in [4.78, 5) is 30.6. The summed E-state index contributed by atoms with van der Waals surface area (Å²) in [6.07, 6.45) is 6.38. The maximum atomic E-state index is 13.7. The van der Waals surface area contributed by atoms with E-state index < -0.39 is 0 Å². The molecular formula is C23H28N4O2. The molecule has 0 unspecified atom stereocenters. The Morgan fingerprint density at radius 1 is 1.14 bits per heavy atom. The third-order valence-electron chi connectivity index (χ3n) is 6.97. The van der Waals surface area contributed by atoms with Crippen LogP contribution < -0.4 is 0 Å². The largest absolute Gasteiger partial charge is 0.338 e. The molecule has 1 aliphatic carbocycles. The minimum Gasteiger partial charge on any atom is -0.338 e. The Kier molecular flexibility index (Phi) is 4.45. The topological polar surface area (TPSA) is 58.4 Å². The molecule has 1 saturated carbocycles. The monoisotopic (exact) mass is 392 g/mol. The Bertz CT molecular complexity index is 938. The van der Waals surface area contributed by atoms with E-state index in [2.05, 4.69) is 34.3 Å². The van der Waals surface area contributed by atoms with E-state index in [4.69, 9.17) is 0 Å². The van der Waals surface area contributed by atoms with Gasteiger partial charge in [-0.3, -0.25) is 14.3 Å². The number of carbonyl (C=O) groups excluding carboxylic acids is 2. The highest BCUT2D eigenvalue weighted by molar-refractivity contribution is 5.93. The Morgan fingerprint density at radius 3 is 2.52 bits per heavy atom. The van der Waals surface area contributed by atoms with Crippen LogP contribution in [0.25, 0.3) is 0 Å². The van der Waals surface area contributed by atoms with E-state index in [1.54, 1.807) is 24.0 Å². The van der Waals surface area contributed by atoms with Crippen molar-refractivity contribution in [3.63, 3.8) is 0 Å². The smallest absolute Gasteiger partial charge is 0.272 e. The molecule has 1 aromatic carbocycles. The van der Waals surface area contributed by atoms with Gasteiger partial charge in [0.1, 0.15) is 5.69 Å². The molecule has 29 heavy (non-hydrogen) atoms. The van der Waals surface area contributed by atoms with Crippen LogP contribution in [-0.4, -0.2) is 51.0 Å². The third kappa shape index (κ3) is 3.34. The Labute approximate surface area is 171 Å². The van der Waals surface area contributed by atoms with Crippen LogP contribution in [0, 0.1) is 11.3 Å². The number of hydrogen-bond donors (Lipinski definition) is 0. The molecule has 1 spiro atoms. The zero-order valence-electron chi connectivity index (χ0n) is 17.0. The lowest BCUT2D eigenvalue weighted by atomic mass is 9.72. The van der Waals surface area contributed by atoms with Gasteiger partial charge in [-0.25, -0.2) is 0 Å². The number of fused-ring (bicyclic) bond motifs is 1. The molecule has 5 rings (SSSR count). The molecule has 6 nitrogen and oxygen atoms in total. The van der Waals surface area contributed by atoms with Crippen LogP contribution in [0.3, 0.4) is 0 Å². The number of hydrogen-bond acceptors (Lipinski definition) is 3. The van der Waals surface area contributed by atoms with Gasteiger partial charge in [-0.05, 0) is 55.2 Å². The van der Waals surface area contributed by atoms with Crippen molar-refractivity contribution in [3.05, 3.63) is 53.3 Å². The lowest BCUT2D eigenvalue weighted by Crippen LogP contribution is -2.51. The Balaban J connectivity index is 1.39. The van der Waals surface area contributed by atoms with Gasteiger partial charge in [0.2, 0.25) is 5.91 Å². The minimum atomic E-state index is -0.384. The van der Waals surface area contributed by atoms with Crippen molar-refractivity contribution < 1.29 is 9.59 Å². The molecule has 0 atom stereocenters. The maximum absolute atomic E-state index is 13.7. The molecule has 2 fully saturated rings. The average Bonchev–Trinajstić information content (AvgIpc) is 3.47. The molecule has 0 N–H and O–H groups in total. The summed E-state index contributed by atoms with van der Waals surface area (Å²) in [5.41, 5.74) is 2.80. The molecule has 6 heteroatoms. The second-order valence-electron chi connectivity index (χ2n) is 8.99. The van der Waals surface area contributed by atoms with Crippen LogP contribution >= 0.6 is 0 Å². The second-order valence-corrected chi connectivity index (χ2v) is 8.99. The molecule has 2 amide bonds. The van der Waals surface area contributed by atoms with Gasteiger partial charge in [-0.2, -0.15) is 5.10 Å². The number of rotatable bonds is 3. The van der Waals surface area contributed by atoms with Crippen molar-refractivity contribution >= 4 is 11.8 Å². The summed E-state index contributed by atoms with van der Waals surface area (Å²) < 4.78 is 1.62. The Hall–Kier alpha value is -2.63. The molecule has 152 valence electrons. The summed E-state index contributed by atoms with van der Waals surface area (Å²) in [5.74, 6) is 0.983. The van der Waals surface area contributed by atoms with Gasteiger partial charge in [0.15, 0.2) is 0 Å². The second kappa shape index (κ2) is 7.01. The van der Waals surface area contributed by atoms with E-state index in [-0.39, 0.29) is 11.3 Å². The van der Waals surface area contributed by atoms with Gasteiger partial charge in [0.25, 0.3) is 5.91 Å². The van der Waals surface area contributed by atoms with Crippen molar-refractivity contribution in [3.8, 4) is 0 Å². The summed E-state index contributed by atoms with van der Waals surface area (Å²) in [6.45, 7) is 2.85. The van der Waals surface area contributed by atoms with Gasteiger partial charge in [-0.1, -0.05) is 24.3 Å². The van der Waals surface area contributed by atoms with Crippen LogP contribution in [0.15, 0.2) is 36.5 Å². The quantitative estimate of drug-likeness (QED) is 0.807. The molecule has 3 aliphatic rings. The molecule has 1 aromatic heterocycles. The summed E-state index contributed by atoms with van der Waals surface area (Å²) in [7, 11) is 1.79. The molecule has 2 aliphatic heterocycles. The van der Waals surface area contributed by atoms with E-state index in [0.29, 0.717) is 30.6 Å². The van der Waals surface area contributed by atoms with Gasteiger partial charge in [0, 0.05) is 39.4 Å². The number of carbonyl (C=O) groups is 2. The first-order valence-electron chi connectivity index (χ1n) is 10.7. The third-order valence-corrected chi connectivity index (χ3v) is 6.97. The van der Waals surface area contributed by atoms with E-state index in [0.717, 1.165) is 32.4 Å². The highest BCUT2D eigenvalue weighted by atomic mass is 16.2. The highest BCUT2D eigenvalue weighted by Gasteiger charge is 2.47. The van der Waals surface area contributed by atoms with E-state index in [1.165, 1.54) is 24.0 Å².